The van der Waals surface area contributed by atoms with Gasteiger partial charge in [0.15, 0.2) is 5.96 Å². The van der Waals surface area contributed by atoms with Crippen molar-refractivity contribution >= 4 is 35.8 Å². The van der Waals surface area contributed by atoms with E-state index in [2.05, 4.69) is 65.6 Å². The third kappa shape index (κ3) is 6.02. The average molecular weight is 535 g/mol. The monoisotopic (exact) mass is 535 g/mol. The van der Waals surface area contributed by atoms with Crippen LogP contribution >= 0.6 is 24.0 Å². The number of pyridine rings is 1. The fraction of sp³-hybridized carbons (Fsp3) is 0.500. The number of aromatic nitrogens is 1. The van der Waals surface area contributed by atoms with Crippen LogP contribution in [0.1, 0.15) is 57.2 Å². The van der Waals surface area contributed by atoms with Gasteiger partial charge in [0.05, 0.1) is 12.6 Å². The molecule has 0 spiro atoms. The van der Waals surface area contributed by atoms with E-state index in [0.29, 0.717) is 6.54 Å². The Bertz CT molecular complexity index is 895. The van der Waals surface area contributed by atoms with Gasteiger partial charge in [0.2, 0.25) is 0 Å². The Balaban J connectivity index is 0.00000272. The zero-order valence-corrected chi connectivity index (χ0v) is 21.1. The Morgan fingerprint density at radius 1 is 1.23 bits per heavy atom. The van der Waals surface area contributed by atoms with E-state index < -0.39 is 0 Å². The maximum Gasteiger partial charge on any atom is 0.192 e. The van der Waals surface area contributed by atoms with Crippen molar-refractivity contribution in [3.63, 3.8) is 0 Å². The van der Waals surface area contributed by atoms with Gasteiger partial charge in [-0.1, -0.05) is 18.2 Å². The number of halogens is 1. The molecule has 1 fully saturated rings. The molecule has 0 radical (unpaired) electrons. The molecule has 4 rings (SSSR count). The number of nitrogens with zero attached hydrogens (tertiary/aromatic N) is 3. The first kappa shape index (κ1) is 23.6. The first-order valence-corrected chi connectivity index (χ1v) is 11.1. The maximum absolute atomic E-state index is 6.17. The van der Waals surface area contributed by atoms with Crippen LogP contribution in [0, 0.1) is 0 Å². The normalized spacial score (nSPS) is 19.8. The smallest absolute Gasteiger partial charge is 0.192 e. The van der Waals surface area contributed by atoms with E-state index in [9.17, 15) is 0 Å². The number of aliphatic imine (C=N–C) groups is 1. The molecular weight excluding hydrogens is 501 g/mol. The molecule has 0 saturated carbocycles. The second-order valence-corrected chi connectivity index (χ2v) is 8.71. The van der Waals surface area contributed by atoms with Gasteiger partial charge in [-0.25, -0.2) is 9.98 Å². The predicted octanol–water partition coefficient (Wildman–Crippen LogP) is 4.66. The van der Waals surface area contributed by atoms with Crippen LogP contribution in [0.3, 0.4) is 0 Å². The summed E-state index contributed by atoms with van der Waals surface area (Å²) in [6.07, 6.45) is 5.28. The van der Waals surface area contributed by atoms with Crippen LogP contribution in [-0.4, -0.2) is 36.2 Å². The highest BCUT2D eigenvalue weighted by molar-refractivity contribution is 14.0. The quantitative estimate of drug-likeness (QED) is 0.332. The first-order chi connectivity index (χ1) is 14.5. The minimum atomic E-state index is -0.223. The lowest BCUT2D eigenvalue weighted by molar-refractivity contribution is 0.0694. The lowest BCUT2D eigenvalue weighted by atomic mass is 9.90. The average Bonchev–Trinajstić information content (AvgIpc) is 3.26. The van der Waals surface area contributed by atoms with Gasteiger partial charge in [0.1, 0.15) is 17.2 Å². The van der Waals surface area contributed by atoms with Gasteiger partial charge < -0.3 is 20.3 Å². The van der Waals surface area contributed by atoms with E-state index in [4.69, 9.17) is 9.73 Å². The molecule has 2 aromatic rings. The Labute approximate surface area is 202 Å². The van der Waals surface area contributed by atoms with Gasteiger partial charge in [0.25, 0.3) is 0 Å². The first-order valence-electron chi connectivity index (χ1n) is 11.1. The SMILES string of the molecule is CCNC(=NCc1ccnc(N2CCCC2)c1)NC1CC(C)(C)Oc2ccccc21.I. The number of nitrogens with one attached hydrogen (secondary N) is 2. The summed E-state index contributed by atoms with van der Waals surface area (Å²) in [5.41, 5.74) is 2.14. The molecule has 3 heterocycles. The van der Waals surface area contributed by atoms with Crippen molar-refractivity contribution in [2.75, 3.05) is 24.5 Å². The molecule has 6 nitrogen and oxygen atoms in total. The second kappa shape index (κ2) is 10.5. The molecule has 2 aliphatic rings. The molecule has 2 aliphatic heterocycles. The van der Waals surface area contributed by atoms with Crippen LogP contribution in [0.15, 0.2) is 47.6 Å². The summed E-state index contributed by atoms with van der Waals surface area (Å²) in [6, 6.07) is 12.7. The van der Waals surface area contributed by atoms with Crippen LogP contribution in [0.2, 0.25) is 0 Å². The van der Waals surface area contributed by atoms with Crippen molar-refractivity contribution in [2.24, 2.45) is 4.99 Å². The highest BCUT2D eigenvalue weighted by Crippen LogP contribution is 2.39. The van der Waals surface area contributed by atoms with E-state index in [0.717, 1.165) is 43.6 Å². The number of para-hydroxylation sites is 1. The third-order valence-electron chi connectivity index (χ3n) is 5.69. The number of rotatable bonds is 5. The minimum Gasteiger partial charge on any atom is -0.487 e. The molecule has 0 amide bonds. The molecule has 2 N–H and O–H groups in total. The van der Waals surface area contributed by atoms with Gasteiger partial charge in [-0.15, -0.1) is 24.0 Å². The van der Waals surface area contributed by atoms with E-state index in [-0.39, 0.29) is 35.6 Å². The number of hydrogen-bond acceptors (Lipinski definition) is 4. The number of guanidine groups is 1. The molecule has 1 aromatic heterocycles. The fourth-order valence-electron chi connectivity index (χ4n) is 4.26. The third-order valence-corrected chi connectivity index (χ3v) is 5.69. The lowest BCUT2D eigenvalue weighted by Gasteiger charge is -2.38. The van der Waals surface area contributed by atoms with Crippen molar-refractivity contribution in [3.05, 3.63) is 53.7 Å². The second-order valence-electron chi connectivity index (χ2n) is 8.71. The number of benzene rings is 1. The van der Waals surface area contributed by atoms with Crippen molar-refractivity contribution in [2.45, 2.75) is 58.2 Å². The van der Waals surface area contributed by atoms with Crippen molar-refractivity contribution in [1.82, 2.24) is 15.6 Å². The van der Waals surface area contributed by atoms with E-state index in [1.165, 1.54) is 24.0 Å². The molecular formula is C24H34IN5O. The maximum atomic E-state index is 6.17. The minimum absolute atomic E-state index is 0. The van der Waals surface area contributed by atoms with E-state index >= 15 is 0 Å². The number of fused-ring (bicyclic) bond motifs is 1. The van der Waals surface area contributed by atoms with Gasteiger partial charge >= 0.3 is 0 Å². The summed E-state index contributed by atoms with van der Waals surface area (Å²) in [5.74, 6) is 2.85. The van der Waals surface area contributed by atoms with Gasteiger partial charge in [-0.2, -0.15) is 0 Å². The Hall–Kier alpha value is -2.03. The molecule has 7 heteroatoms. The molecule has 168 valence electrons. The standard InChI is InChI=1S/C24H33N5O.HI/c1-4-25-23(27-17-18-11-12-26-22(15-18)29-13-7-8-14-29)28-20-16-24(2,3)30-21-10-6-5-9-19(20)21;/h5-6,9-12,15,20H,4,7-8,13-14,16-17H2,1-3H3,(H2,25,27,28);1H. The van der Waals surface area contributed by atoms with E-state index in [1.807, 2.05) is 18.3 Å². The van der Waals surface area contributed by atoms with Crippen LogP contribution in [-0.2, 0) is 6.54 Å². The molecule has 0 aliphatic carbocycles. The molecule has 0 bridgehead atoms. The Morgan fingerprint density at radius 3 is 2.77 bits per heavy atom. The summed E-state index contributed by atoms with van der Waals surface area (Å²) in [7, 11) is 0. The number of ether oxygens (including phenoxy) is 1. The Morgan fingerprint density at radius 2 is 2.00 bits per heavy atom. The summed E-state index contributed by atoms with van der Waals surface area (Å²) in [4.78, 5) is 11.8. The summed E-state index contributed by atoms with van der Waals surface area (Å²) >= 11 is 0. The van der Waals surface area contributed by atoms with Gasteiger partial charge in [0, 0.05) is 37.8 Å². The largest absolute Gasteiger partial charge is 0.487 e. The highest BCUT2D eigenvalue weighted by atomic mass is 127. The lowest BCUT2D eigenvalue weighted by Crippen LogP contribution is -2.45. The zero-order chi connectivity index (χ0) is 21.0. The zero-order valence-electron chi connectivity index (χ0n) is 18.7. The van der Waals surface area contributed by atoms with Gasteiger partial charge in [-0.3, -0.25) is 0 Å². The summed E-state index contributed by atoms with van der Waals surface area (Å²) < 4.78 is 6.17. The molecule has 1 saturated heterocycles. The topological polar surface area (TPSA) is 61.8 Å². The van der Waals surface area contributed by atoms with Gasteiger partial charge in [-0.05, 0) is 57.4 Å². The summed E-state index contributed by atoms with van der Waals surface area (Å²) in [6.45, 7) is 10.0. The number of anilines is 1. The molecule has 31 heavy (non-hydrogen) atoms. The molecule has 1 unspecified atom stereocenters. The number of hydrogen-bond donors (Lipinski definition) is 2. The van der Waals surface area contributed by atoms with Crippen LogP contribution in [0.5, 0.6) is 5.75 Å². The fourth-order valence-corrected chi connectivity index (χ4v) is 4.26. The van der Waals surface area contributed by atoms with Crippen LogP contribution in [0.4, 0.5) is 5.82 Å². The van der Waals surface area contributed by atoms with Crippen molar-refractivity contribution in [1.29, 1.82) is 0 Å². The summed E-state index contributed by atoms with van der Waals surface area (Å²) in [5, 5.41) is 7.04. The van der Waals surface area contributed by atoms with Crippen LogP contribution in [0.25, 0.3) is 0 Å². The molecule has 1 atom stereocenters. The van der Waals surface area contributed by atoms with Crippen molar-refractivity contribution in [3.8, 4) is 5.75 Å². The predicted molar refractivity (Wildman–Crippen MR) is 138 cm³/mol. The Kier molecular flexibility index (Phi) is 8.02. The van der Waals surface area contributed by atoms with E-state index in [1.54, 1.807) is 0 Å². The highest BCUT2D eigenvalue weighted by Gasteiger charge is 2.33. The molecule has 1 aromatic carbocycles. The van der Waals surface area contributed by atoms with Crippen molar-refractivity contribution < 1.29 is 4.74 Å². The van der Waals surface area contributed by atoms with Crippen LogP contribution < -0.4 is 20.3 Å².